The minimum absolute atomic E-state index is 0.0447. The van der Waals surface area contributed by atoms with Gasteiger partial charge in [0, 0.05) is 36.0 Å². The van der Waals surface area contributed by atoms with Gasteiger partial charge in [0.15, 0.2) is 0 Å². The van der Waals surface area contributed by atoms with E-state index in [1.165, 1.54) is 18.2 Å². The fourth-order valence-corrected chi connectivity index (χ4v) is 2.56. The van der Waals surface area contributed by atoms with Gasteiger partial charge in [0.25, 0.3) is 0 Å². The highest BCUT2D eigenvalue weighted by atomic mass is 32.2. The van der Waals surface area contributed by atoms with E-state index in [2.05, 4.69) is 5.32 Å². The maximum atomic E-state index is 13.0. The number of anilines is 2. The molecule has 1 aromatic rings. The maximum absolute atomic E-state index is 13.0. The number of nitrogens with two attached hydrogens (primary N) is 1. The fraction of sp³-hybridized carbons (Fsp3) is 0.462. The predicted octanol–water partition coefficient (Wildman–Crippen LogP) is 1.52. The zero-order chi connectivity index (χ0) is 15.1. The normalized spacial score (nSPS) is 13.8. The van der Waals surface area contributed by atoms with Crippen molar-refractivity contribution in [3.63, 3.8) is 0 Å². The van der Waals surface area contributed by atoms with E-state index < -0.39 is 21.9 Å². The van der Waals surface area contributed by atoms with Crippen molar-refractivity contribution in [1.29, 1.82) is 0 Å². The summed E-state index contributed by atoms with van der Waals surface area (Å²) in [5, 5.41) is 1.92. The first kappa shape index (κ1) is 16.6. The standard InChI is InChI=1S/C13H19FN2O3S/c1-9(20(18)7-3-6-19-2)13(17)16-10-4-5-11(14)12(15)8-10/h4-5,8-9H,3,6-7,15H2,1-2H3,(H,16,17). The number of carbonyl (C=O) groups is 1. The van der Waals surface area contributed by atoms with Crippen LogP contribution < -0.4 is 11.1 Å². The third-order valence-corrected chi connectivity index (χ3v) is 4.41. The fourth-order valence-electron chi connectivity index (χ4n) is 1.51. The molecule has 0 bridgehead atoms. The van der Waals surface area contributed by atoms with Gasteiger partial charge in [-0.3, -0.25) is 9.00 Å². The summed E-state index contributed by atoms with van der Waals surface area (Å²) in [7, 11) is 0.290. The summed E-state index contributed by atoms with van der Waals surface area (Å²) in [6.07, 6.45) is 0.629. The van der Waals surface area contributed by atoms with Crippen LogP contribution in [-0.4, -0.2) is 34.8 Å². The van der Waals surface area contributed by atoms with Gasteiger partial charge in [0.1, 0.15) is 11.1 Å². The molecule has 20 heavy (non-hydrogen) atoms. The molecule has 1 amide bonds. The monoisotopic (exact) mass is 302 g/mol. The van der Waals surface area contributed by atoms with Gasteiger partial charge in [-0.25, -0.2) is 4.39 Å². The highest BCUT2D eigenvalue weighted by Gasteiger charge is 2.19. The topological polar surface area (TPSA) is 81.4 Å². The second-order valence-corrected chi connectivity index (χ2v) is 6.18. The molecule has 112 valence electrons. The largest absolute Gasteiger partial charge is 0.396 e. The summed E-state index contributed by atoms with van der Waals surface area (Å²) in [6, 6.07) is 3.91. The zero-order valence-corrected chi connectivity index (χ0v) is 12.3. The molecule has 3 N–H and O–H groups in total. The Kier molecular flexibility index (Phi) is 6.60. The second-order valence-electron chi connectivity index (χ2n) is 4.30. The van der Waals surface area contributed by atoms with Crippen molar-refractivity contribution in [1.82, 2.24) is 0 Å². The third kappa shape index (κ3) is 4.90. The minimum atomic E-state index is -1.28. The summed E-state index contributed by atoms with van der Waals surface area (Å²) in [5.74, 6) is -0.528. The Labute approximate surface area is 120 Å². The van der Waals surface area contributed by atoms with Crippen LogP contribution in [0.5, 0.6) is 0 Å². The molecule has 2 atom stereocenters. The highest BCUT2D eigenvalue weighted by molar-refractivity contribution is 7.86. The molecule has 1 rings (SSSR count). The Bertz CT molecular complexity index is 497. The van der Waals surface area contributed by atoms with Crippen molar-refractivity contribution in [3.05, 3.63) is 24.0 Å². The summed E-state index contributed by atoms with van der Waals surface area (Å²) >= 11 is 0. The van der Waals surface area contributed by atoms with E-state index in [0.717, 1.165) is 0 Å². The molecule has 1 aromatic carbocycles. The van der Waals surface area contributed by atoms with Gasteiger partial charge in [-0.2, -0.15) is 0 Å². The number of halogens is 1. The smallest absolute Gasteiger partial charge is 0.239 e. The van der Waals surface area contributed by atoms with Crippen LogP contribution in [-0.2, 0) is 20.3 Å². The predicted molar refractivity (Wildman–Crippen MR) is 78.4 cm³/mol. The van der Waals surface area contributed by atoms with Crippen molar-refractivity contribution in [2.24, 2.45) is 0 Å². The molecule has 0 aliphatic carbocycles. The van der Waals surface area contributed by atoms with Crippen molar-refractivity contribution in [2.75, 3.05) is 30.5 Å². The van der Waals surface area contributed by atoms with Crippen molar-refractivity contribution < 1.29 is 18.1 Å². The Hall–Kier alpha value is -1.47. The number of hydrogen-bond donors (Lipinski definition) is 2. The number of benzene rings is 1. The van der Waals surface area contributed by atoms with Gasteiger partial charge < -0.3 is 15.8 Å². The number of nitrogens with one attached hydrogen (secondary N) is 1. The van der Waals surface area contributed by atoms with E-state index in [4.69, 9.17) is 10.5 Å². The average Bonchev–Trinajstić information content (AvgIpc) is 2.42. The van der Waals surface area contributed by atoms with Gasteiger partial charge in [-0.1, -0.05) is 0 Å². The van der Waals surface area contributed by atoms with E-state index >= 15 is 0 Å². The van der Waals surface area contributed by atoms with Gasteiger partial charge in [-0.05, 0) is 31.5 Å². The lowest BCUT2D eigenvalue weighted by Gasteiger charge is -2.12. The van der Waals surface area contributed by atoms with Crippen LogP contribution in [0.4, 0.5) is 15.8 Å². The molecule has 7 heteroatoms. The molecular formula is C13H19FN2O3S. The van der Waals surface area contributed by atoms with E-state index in [9.17, 15) is 13.4 Å². The average molecular weight is 302 g/mol. The number of rotatable bonds is 7. The molecule has 0 spiro atoms. The van der Waals surface area contributed by atoms with Crippen LogP contribution in [0.3, 0.4) is 0 Å². The Morgan fingerprint density at radius 1 is 1.55 bits per heavy atom. The second kappa shape index (κ2) is 7.96. The van der Waals surface area contributed by atoms with Gasteiger partial charge in [0.05, 0.1) is 5.69 Å². The third-order valence-electron chi connectivity index (χ3n) is 2.72. The Morgan fingerprint density at radius 3 is 2.85 bits per heavy atom. The number of carbonyl (C=O) groups excluding carboxylic acids is 1. The lowest BCUT2D eigenvalue weighted by Crippen LogP contribution is -2.30. The number of methoxy groups -OCH3 is 1. The molecule has 0 heterocycles. The van der Waals surface area contributed by atoms with Crippen molar-refractivity contribution >= 4 is 28.1 Å². The maximum Gasteiger partial charge on any atom is 0.239 e. The van der Waals surface area contributed by atoms with Gasteiger partial charge in [-0.15, -0.1) is 0 Å². The Balaban J connectivity index is 2.56. The molecule has 0 aliphatic heterocycles. The van der Waals surface area contributed by atoms with Crippen LogP contribution in [0, 0.1) is 5.82 Å². The first-order valence-corrected chi connectivity index (χ1v) is 7.56. The molecule has 0 fully saturated rings. The molecule has 2 unspecified atom stereocenters. The first-order chi connectivity index (χ1) is 9.45. The summed E-state index contributed by atoms with van der Waals surface area (Å²) in [4.78, 5) is 11.9. The lowest BCUT2D eigenvalue weighted by atomic mass is 10.2. The molecule has 0 saturated carbocycles. The van der Waals surface area contributed by atoms with Crippen LogP contribution in [0.15, 0.2) is 18.2 Å². The molecule has 0 radical (unpaired) electrons. The van der Waals surface area contributed by atoms with Crippen molar-refractivity contribution in [3.8, 4) is 0 Å². The van der Waals surface area contributed by atoms with E-state index in [0.29, 0.717) is 24.5 Å². The van der Waals surface area contributed by atoms with Crippen LogP contribution in [0.25, 0.3) is 0 Å². The van der Waals surface area contributed by atoms with E-state index in [1.807, 2.05) is 0 Å². The van der Waals surface area contributed by atoms with E-state index in [1.54, 1.807) is 14.0 Å². The van der Waals surface area contributed by atoms with Gasteiger partial charge in [0.2, 0.25) is 5.91 Å². The number of hydrogen-bond acceptors (Lipinski definition) is 4. The quantitative estimate of drug-likeness (QED) is 0.591. The SMILES string of the molecule is COCCCS(=O)C(C)C(=O)Nc1ccc(F)c(N)c1. The van der Waals surface area contributed by atoms with Crippen LogP contribution >= 0.6 is 0 Å². The highest BCUT2D eigenvalue weighted by Crippen LogP contribution is 2.16. The summed E-state index contributed by atoms with van der Waals surface area (Å²) in [5.41, 5.74) is 5.75. The van der Waals surface area contributed by atoms with E-state index in [-0.39, 0.29) is 11.6 Å². The van der Waals surface area contributed by atoms with Crippen LogP contribution in [0.2, 0.25) is 0 Å². The molecule has 0 aliphatic rings. The first-order valence-electron chi connectivity index (χ1n) is 6.17. The number of amides is 1. The summed E-state index contributed by atoms with van der Waals surface area (Å²) in [6.45, 7) is 2.10. The molecule has 0 aromatic heterocycles. The zero-order valence-electron chi connectivity index (χ0n) is 11.5. The number of nitrogen functional groups attached to an aromatic ring is 1. The molecule has 5 nitrogen and oxygen atoms in total. The molecule has 0 saturated heterocycles. The molecular weight excluding hydrogens is 283 g/mol. The van der Waals surface area contributed by atoms with Crippen LogP contribution in [0.1, 0.15) is 13.3 Å². The van der Waals surface area contributed by atoms with Crippen molar-refractivity contribution in [2.45, 2.75) is 18.6 Å². The Morgan fingerprint density at radius 2 is 2.25 bits per heavy atom. The van der Waals surface area contributed by atoms with Gasteiger partial charge >= 0.3 is 0 Å². The number of ether oxygens (including phenoxy) is 1. The summed E-state index contributed by atoms with van der Waals surface area (Å²) < 4.78 is 29.7. The lowest BCUT2D eigenvalue weighted by molar-refractivity contribution is -0.115. The minimum Gasteiger partial charge on any atom is -0.396 e.